The molecule has 5 heteroatoms. The summed E-state index contributed by atoms with van der Waals surface area (Å²) in [4.78, 5) is 4.73. The lowest BCUT2D eigenvalue weighted by molar-refractivity contribution is -0.0306. The molecule has 1 aromatic heterocycles. The molecule has 1 aromatic rings. The zero-order valence-electron chi connectivity index (χ0n) is 13.2. The molecule has 1 saturated heterocycles. The van der Waals surface area contributed by atoms with Crippen molar-refractivity contribution in [3.05, 3.63) is 11.7 Å². The number of ether oxygens (including phenoxy) is 1. The monoisotopic (exact) mass is 281 g/mol. The standard InChI is InChI=1S/C15H27N3O2/c1-5-14(8-10-16-11-9-14)13-17-12(18-20-13)15(6-2,7-3)19-4/h16H,5-11H2,1-4H3. The summed E-state index contributed by atoms with van der Waals surface area (Å²) in [6.07, 6.45) is 4.85. The molecule has 114 valence electrons. The molecule has 2 rings (SSSR count). The molecule has 0 aliphatic carbocycles. The van der Waals surface area contributed by atoms with Crippen LogP contribution in [0.4, 0.5) is 0 Å². The molecule has 1 fully saturated rings. The zero-order valence-corrected chi connectivity index (χ0v) is 13.2. The van der Waals surface area contributed by atoms with Crippen LogP contribution in [0.3, 0.4) is 0 Å². The van der Waals surface area contributed by atoms with Gasteiger partial charge in [0.25, 0.3) is 0 Å². The van der Waals surface area contributed by atoms with Gasteiger partial charge in [0.2, 0.25) is 11.7 Å². The van der Waals surface area contributed by atoms with Crippen molar-refractivity contribution >= 4 is 0 Å². The second-order valence-electron chi connectivity index (χ2n) is 5.71. The first-order chi connectivity index (χ1) is 9.66. The van der Waals surface area contributed by atoms with Crippen LogP contribution in [0.15, 0.2) is 4.52 Å². The van der Waals surface area contributed by atoms with Crippen LogP contribution >= 0.6 is 0 Å². The third kappa shape index (κ3) is 2.49. The van der Waals surface area contributed by atoms with E-state index in [1.54, 1.807) is 7.11 Å². The molecular weight excluding hydrogens is 254 g/mol. The Hall–Kier alpha value is -0.940. The maximum atomic E-state index is 5.69. The van der Waals surface area contributed by atoms with Gasteiger partial charge in [0.05, 0.1) is 5.41 Å². The number of methoxy groups -OCH3 is 1. The fraction of sp³-hybridized carbons (Fsp3) is 0.867. The first-order valence-electron chi connectivity index (χ1n) is 7.77. The minimum atomic E-state index is -0.413. The highest BCUT2D eigenvalue weighted by molar-refractivity contribution is 5.10. The van der Waals surface area contributed by atoms with Gasteiger partial charge in [0.1, 0.15) is 5.60 Å². The van der Waals surface area contributed by atoms with Crippen molar-refractivity contribution in [1.82, 2.24) is 15.5 Å². The topological polar surface area (TPSA) is 60.2 Å². The molecule has 0 amide bonds. The number of hydrogen-bond donors (Lipinski definition) is 1. The van der Waals surface area contributed by atoms with Gasteiger partial charge < -0.3 is 14.6 Å². The molecule has 1 aliphatic heterocycles. The SMILES string of the molecule is CCC1(c2nc(C(CC)(CC)OC)no2)CCNCC1. The van der Waals surface area contributed by atoms with Crippen LogP contribution in [0.25, 0.3) is 0 Å². The minimum absolute atomic E-state index is 0.0392. The third-order valence-electron chi connectivity index (χ3n) is 5.06. The fourth-order valence-corrected chi connectivity index (χ4v) is 3.19. The highest BCUT2D eigenvalue weighted by Crippen LogP contribution is 2.38. The van der Waals surface area contributed by atoms with Gasteiger partial charge in [-0.15, -0.1) is 0 Å². The quantitative estimate of drug-likeness (QED) is 0.868. The number of nitrogens with one attached hydrogen (secondary N) is 1. The van der Waals surface area contributed by atoms with Crippen molar-refractivity contribution in [3.63, 3.8) is 0 Å². The molecule has 0 spiro atoms. The first-order valence-corrected chi connectivity index (χ1v) is 7.77. The summed E-state index contributed by atoms with van der Waals surface area (Å²) >= 11 is 0. The highest BCUT2D eigenvalue weighted by atomic mass is 16.5. The molecule has 1 aliphatic rings. The van der Waals surface area contributed by atoms with Crippen LogP contribution in [-0.2, 0) is 15.8 Å². The van der Waals surface area contributed by atoms with Crippen molar-refractivity contribution in [2.45, 2.75) is 63.9 Å². The van der Waals surface area contributed by atoms with Crippen molar-refractivity contribution in [1.29, 1.82) is 0 Å². The van der Waals surface area contributed by atoms with E-state index in [0.29, 0.717) is 5.82 Å². The van der Waals surface area contributed by atoms with Gasteiger partial charge in [0.15, 0.2) is 0 Å². The van der Waals surface area contributed by atoms with Crippen LogP contribution in [0.1, 0.15) is 64.6 Å². The van der Waals surface area contributed by atoms with Gasteiger partial charge in [-0.2, -0.15) is 4.98 Å². The van der Waals surface area contributed by atoms with E-state index < -0.39 is 5.60 Å². The van der Waals surface area contributed by atoms with Crippen LogP contribution in [0.2, 0.25) is 0 Å². The van der Waals surface area contributed by atoms with Gasteiger partial charge in [-0.1, -0.05) is 25.9 Å². The summed E-state index contributed by atoms with van der Waals surface area (Å²) in [6.45, 7) is 8.44. The Morgan fingerprint density at radius 3 is 2.40 bits per heavy atom. The van der Waals surface area contributed by atoms with Crippen molar-refractivity contribution in [2.24, 2.45) is 0 Å². The minimum Gasteiger partial charge on any atom is -0.370 e. The van der Waals surface area contributed by atoms with Crippen molar-refractivity contribution in [2.75, 3.05) is 20.2 Å². The lowest BCUT2D eigenvalue weighted by Gasteiger charge is -2.33. The van der Waals surface area contributed by atoms with E-state index >= 15 is 0 Å². The predicted molar refractivity (Wildman–Crippen MR) is 77.6 cm³/mol. The summed E-state index contributed by atoms with van der Waals surface area (Å²) in [7, 11) is 1.73. The van der Waals surface area contributed by atoms with Gasteiger partial charge in [-0.25, -0.2) is 0 Å². The smallest absolute Gasteiger partial charge is 0.233 e. The molecular formula is C15H27N3O2. The van der Waals surface area contributed by atoms with Crippen LogP contribution in [0, 0.1) is 0 Å². The maximum Gasteiger partial charge on any atom is 0.233 e. The van der Waals surface area contributed by atoms with E-state index in [1.807, 2.05) is 0 Å². The van der Waals surface area contributed by atoms with Gasteiger partial charge in [-0.05, 0) is 45.2 Å². The summed E-state index contributed by atoms with van der Waals surface area (Å²) < 4.78 is 11.3. The highest BCUT2D eigenvalue weighted by Gasteiger charge is 2.40. The van der Waals surface area contributed by atoms with E-state index in [1.165, 1.54) is 0 Å². The molecule has 0 bridgehead atoms. The van der Waals surface area contributed by atoms with Gasteiger partial charge in [0, 0.05) is 7.11 Å². The molecule has 5 nitrogen and oxygen atoms in total. The Kier molecular flexibility index (Phi) is 4.81. The van der Waals surface area contributed by atoms with Crippen LogP contribution in [-0.4, -0.2) is 30.3 Å². The van der Waals surface area contributed by atoms with Crippen LogP contribution < -0.4 is 5.32 Å². The molecule has 0 unspecified atom stereocenters. The number of nitrogens with zero attached hydrogens (tertiary/aromatic N) is 2. The summed E-state index contributed by atoms with van der Waals surface area (Å²) in [5.41, 5.74) is -0.374. The average molecular weight is 281 g/mol. The lowest BCUT2D eigenvalue weighted by Crippen LogP contribution is -2.40. The van der Waals surface area contributed by atoms with E-state index in [9.17, 15) is 0 Å². The van der Waals surface area contributed by atoms with Crippen molar-refractivity contribution < 1.29 is 9.26 Å². The Labute approximate surface area is 121 Å². The molecule has 20 heavy (non-hydrogen) atoms. The van der Waals surface area contributed by atoms with E-state index in [-0.39, 0.29) is 5.41 Å². The molecule has 1 N–H and O–H groups in total. The van der Waals surface area contributed by atoms with Crippen LogP contribution in [0.5, 0.6) is 0 Å². The van der Waals surface area contributed by atoms with Crippen molar-refractivity contribution in [3.8, 4) is 0 Å². The second-order valence-corrected chi connectivity index (χ2v) is 5.71. The molecule has 0 radical (unpaired) electrons. The van der Waals surface area contributed by atoms with E-state index in [0.717, 1.165) is 51.1 Å². The number of aromatic nitrogens is 2. The fourth-order valence-electron chi connectivity index (χ4n) is 3.19. The molecule has 2 heterocycles. The first kappa shape index (κ1) is 15.4. The van der Waals surface area contributed by atoms with E-state index in [4.69, 9.17) is 14.2 Å². The summed E-state index contributed by atoms with van der Waals surface area (Å²) in [6, 6.07) is 0. The molecule has 0 saturated carbocycles. The Morgan fingerprint density at radius 2 is 1.90 bits per heavy atom. The Balaban J connectivity index is 2.31. The summed E-state index contributed by atoms with van der Waals surface area (Å²) in [5, 5.41) is 7.64. The zero-order chi connectivity index (χ0) is 14.6. The Morgan fingerprint density at radius 1 is 1.25 bits per heavy atom. The van der Waals surface area contributed by atoms with E-state index in [2.05, 4.69) is 31.2 Å². The molecule has 0 atom stereocenters. The maximum absolute atomic E-state index is 5.69. The molecule has 0 aromatic carbocycles. The summed E-state index contributed by atoms with van der Waals surface area (Å²) in [5.74, 6) is 1.49. The number of rotatable bonds is 6. The normalized spacial score (nSPS) is 19.2. The Bertz CT molecular complexity index is 412. The largest absolute Gasteiger partial charge is 0.370 e. The number of hydrogen-bond acceptors (Lipinski definition) is 5. The predicted octanol–water partition coefficient (Wildman–Crippen LogP) is 2.76. The lowest BCUT2D eigenvalue weighted by atomic mass is 9.76. The van der Waals surface area contributed by atoms with Gasteiger partial charge >= 0.3 is 0 Å². The second kappa shape index (κ2) is 6.22. The van der Waals surface area contributed by atoms with Gasteiger partial charge in [-0.3, -0.25) is 0 Å². The average Bonchev–Trinajstić information content (AvgIpc) is 3.01. The third-order valence-corrected chi connectivity index (χ3v) is 5.06. The number of piperidine rings is 1.